The zero-order valence-electron chi connectivity index (χ0n) is 22.6. The molecule has 0 aromatic heterocycles. The second kappa shape index (κ2) is 7.12. The minimum absolute atomic E-state index is 0.00226. The van der Waals surface area contributed by atoms with E-state index in [4.69, 9.17) is 0 Å². The molecule has 0 amide bonds. The predicted octanol–water partition coefficient (Wildman–Crippen LogP) is 6.20. The maximum atomic E-state index is 12.8. The molecule has 3 N–H and O–H groups in total. The van der Waals surface area contributed by atoms with Crippen LogP contribution in [0.2, 0.25) is 0 Å². The Morgan fingerprint density at radius 2 is 1.41 bits per heavy atom. The highest BCUT2D eigenvalue weighted by Crippen LogP contribution is 2.75. The SMILES string of the molecule is CC1(C)CC[C@]2(C(=O)O)CC=C3[C@]4(C)CC[C@H]5C(C)(C)C[C@H](O)[C@@H](O)[C@]5(C)[C@H]4CC[C@@]3(C)[C@H]2C1. The molecule has 0 saturated heterocycles. The topological polar surface area (TPSA) is 77.8 Å². The van der Waals surface area contributed by atoms with Gasteiger partial charge in [0.15, 0.2) is 0 Å². The highest BCUT2D eigenvalue weighted by Gasteiger charge is 2.70. The van der Waals surface area contributed by atoms with Gasteiger partial charge in [-0.05, 0) is 97.2 Å². The van der Waals surface area contributed by atoms with Gasteiger partial charge in [0.1, 0.15) is 0 Å². The number of carboxylic acid groups (broad SMARTS) is 1. The lowest BCUT2D eigenvalue weighted by Crippen LogP contribution is -2.67. The van der Waals surface area contributed by atoms with E-state index in [0.717, 1.165) is 44.9 Å². The Balaban J connectivity index is 1.62. The summed E-state index contributed by atoms with van der Waals surface area (Å²) in [7, 11) is 0. The number of rotatable bonds is 1. The lowest BCUT2D eigenvalue weighted by Gasteiger charge is -2.70. The van der Waals surface area contributed by atoms with Crippen LogP contribution in [-0.2, 0) is 4.79 Å². The number of aliphatic hydroxyl groups is 2. The van der Waals surface area contributed by atoms with Crippen molar-refractivity contribution in [3.05, 3.63) is 11.6 Å². The Bertz CT molecular complexity index is 919. The van der Waals surface area contributed by atoms with Crippen LogP contribution in [0.4, 0.5) is 0 Å². The van der Waals surface area contributed by atoms with Crippen molar-refractivity contribution in [1.82, 2.24) is 0 Å². The molecule has 4 fully saturated rings. The molecule has 4 saturated carbocycles. The van der Waals surface area contributed by atoms with Gasteiger partial charge in [-0.25, -0.2) is 0 Å². The summed E-state index contributed by atoms with van der Waals surface area (Å²) in [6.07, 6.45) is 9.18. The Kier molecular flexibility index (Phi) is 5.20. The van der Waals surface area contributed by atoms with Gasteiger partial charge >= 0.3 is 5.97 Å². The predicted molar refractivity (Wildman–Crippen MR) is 134 cm³/mol. The molecule has 5 aliphatic carbocycles. The molecular weight excluding hydrogens is 424 g/mol. The molecule has 192 valence electrons. The summed E-state index contributed by atoms with van der Waals surface area (Å²) in [4.78, 5) is 12.8. The Labute approximate surface area is 206 Å². The molecule has 0 heterocycles. The second-order valence-electron chi connectivity index (χ2n) is 15.3. The van der Waals surface area contributed by atoms with Crippen molar-refractivity contribution >= 4 is 5.97 Å². The average Bonchev–Trinajstić information content (AvgIpc) is 2.71. The summed E-state index contributed by atoms with van der Waals surface area (Å²) in [5.74, 6) is 0.246. The average molecular weight is 473 g/mol. The number of carbonyl (C=O) groups is 1. The first-order chi connectivity index (χ1) is 15.5. The third-order valence-corrected chi connectivity index (χ3v) is 12.6. The van der Waals surface area contributed by atoms with E-state index >= 15 is 0 Å². The molecule has 0 unspecified atom stereocenters. The van der Waals surface area contributed by atoms with Gasteiger partial charge in [0, 0.05) is 5.41 Å². The number of aliphatic hydroxyl groups excluding tert-OH is 2. The Morgan fingerprint density at radius 1 is 0.824 bits per heavy atom. The van der Waals surface area contributed by atoms with Crippen LogP contribution in [0.5, 0.6) is 0 Å². The number of hydrogen-bond acceptors (Lipinski definition) is 3. The molecular formula is C30H48O4. The standard InChI is InChI=1S/C30H48O4/c1-25(2)14-15-30(24(33)34)13-10-20-27(5)11-8-19-26(3,4)16-18(31)23(32)29(19,7)21(27)9-12-28(20,6)22(30)17-25/h10,18-19,21-23,31-32H,8-9,11-17H2,1-7H3,(H,33,34)/t18-,19-,21-,22+,23+,27-,28+,29-,30+/m0/s1. The summed E-state index contributed by atoms with van der Waals surface area (Å²) >= 11 is 0. The fourth-order valence-electron chi connectivity index (χ4n) is 11.0. The van der Waals surface area contributed by atoms with Crippen molar-refractivity contribution in [2.24, 2.45) is 50.2 Å². The molecule has 4 heteroatoms. The van der Waals surface area contributed by atoms with Gasteiger partial charge in [0.2, 0.25) is 0 Å². The van der Waals surface area contributed by atoms with Gasteiger partial charge in [0.05, 0.1) is 17.6 Å². The molecule has 34 heavy (non-hydrogen) atoms. The molecule has 0 aromatic carbocycles. The van der Waals surface area contributed by atoms with Crippen LogP contribution in [0.15, 0.2) is 11.6 Å². The summed E-state index contributed by atoms with van der Waals surface area (Å²) in [6, 6.07) is 0. The molecule has 5 aliphatic rings. The van der Waals surface area contributed by atoms with Crippen molar-refractivity contribution in [3.8, 4) is 0 Å². The van der Waals surface area contributed by atoms with Crippen LogP contribution in [0, 0.1) is 50.2 Å². The first-order valence-corrected chi connectivity index (χ1v) is 13.9. The van der Waals surface area contributed by atoms with Crippen LogP contribution in [0.25, 0.3) is 0 Å². The van der Waals surface area contributed by atoms with Crippen molar-refractivity contribution < 1.29 is 20.1 Å². The first-order valence-electron chi connectivity index (χ1n) is 13.9. The molecule has 0 aromatic rings. The first kappa shape index (κ1) is 24.8. The Hall–Kier alpha value is -0.870. The summed E-state index contributed by atoms with van der Waals surface area (Å²) in [5, 5.41) is 33.0. The largest absolute Gasteiger partial charge is 0.481 e. The monoisotopic (exact) mass is 472 g/mol. The van der Waals surface area contributed by atoms with Crippen LogP contribution in [0.3, 0.4) is 0 Å². The molecule has 0 aliphatic heterocycles. The van der Waals surface area contributed by atoms with Gasteiger partial charge in [-0.15, -0.1) is 0 Å². The third-order valence-electron chi connectivity index (χ3n) is 12.6. The van der Waals surface area contributed by atoms with E-state index in [9.17, 15) is 20.1 Å². The van der Waals surface area contributed by atoms with E-state index in [2.05, 4.69) is 54.5 Å². The molecule has 4 nitrogen and oxygen atoms in total. The van der Waals surface area contributed by atoms with Crippen molar-refractivity contribution in [3.63, 3.8) is 0 Å². The maximum Gasteiger partial charge on any atom is 0.310 e. The van der Waals surface area contributed by atoms with E-state index < -0.39 is 23.6 Å². The molecule has 0 radical (unpaired) electrons. The minimum Gasteiger partial charge on any atom is -0.481 e. The lowest BCUT2D eigenvalue weighted by atomic mass is 9.34. The van der Waals surface area contributed by atoms with Gasteiger partial charge in [0.25, 0.3) is 0 Å². The van der Waals surface area contributed by atoms with Crippen LogP contribution in [0.1, 0.15) is 106 Å². The van der Waals surface area contributed by atoms with Gasteiger partial charge in [-0.2, -0.15) is 0 Å². The van der Waals surface area contributed by atoms with E-state index in [1.807, 2.05) is 0 Å². The fourth-order valence-corrected chi connectivity index (χ4v) is 11.0. The van der Waals surface area contributed by atoms with E-state index in [1.54, 1.807) is 0 Å². The highest BCUT2D eigenvalue weighted by molar-refractivity contribution is 5.76. The fraction of sp³-hybridized carbons (Fsp3) is 0.900. The highest BCUT2D eigenvalue weighted by atomic mass is 16.4. The van der Waals surface area contributed by atoms with Crippen LogP contribution >= 0.6 is 0 Å². The van der Waals surface area contributed by atoms with E-state index in [0.29, 0.717) is 24.7 Å². The minimum atomic E-state index is -0.699. The van der Waals surface area contributed by atoms with Crippen LogP contribution in [-0.4, -0.2) is 33.5 Å². The molecule has 9 atom stereocenters. The van der Waals surface area contributed by atoms with Crippen molar-refractivity contribution in [2.45, 2.75) is 118 Å². The lowest BCUT2D eigenvalue weighted by molar-refractivity contribution is -0.233. The third kappa shape index (κ3) is 2.93. The number of fused-ring (bicyclic) bond motifs is 7. The summed E-state index contributed by atoms with van der Waals surface area (Å²) < 4.78 is 0. The summed E-state index contributed by atoms with van der Waals surface area (Å²) in [6.45, 7) is 16.3. The maximum absolute atomic E-state index is 12.8. The number of aliphatic carboxylic acids is 1. The van der Waals surface area contributed by atoms with Crippen molar-refractivity contribution in [1.29, 1.82) is 0 Å². The molecule has 5 rings (SSSR count). The number of allylic oxidation sites excluding steroid dienone is 2. The Morgan fingerprint density at radius 3 is 2.03 bits per heavy atom. The molecule has 0 spiro atoms. The van der Waals surface area contributed by atoms with Gasteiger partial charge in [-0.1, -0.05) is 60.1 Å². The molecule has 0 bridgehead atoms. The smallest absolute Gasteiger partial charge is 0.310 e. The quantitative estimate of drug-likeness (QED) is 0.397. The second-order valence-corrected chi connectivity index (χ2v) is 15.3. The van der Waals surface area contributed by atoms with E-state index in [1.165, 1.54) is 5.57 Å². The summed E-state index contributed by atoms with van der Waals surface area (Å²) in [5.41, 5.74) is 0.520. The number of carboxylic acids is 1. The van der Waals surface area contributed by atoms with Crippen LogP contribution < -0.4 is 0 Å². The van der Waals surface area contributed by atoms with Gasteiger partial charge < -0.3 is 15.3 Å². The van der Waals surface area contributed by atoms with E-state index in [-0.39, 0.29) is 33.0 Å². The van der Waals surface area contributed by atoms with Gasteiger partial charge in [-0.3, -0.25) is 4.79 Å². The van der Waals surface area contributed by atoms with Crippen molar-refractivity contribution in [2.75, 3.05) is 0 Å². The number of hydrogen-bond donors (Lipinski definition) is 3. The zero-order valence-corrected chi connectivity index (χ0v) is 22.6. The normalized spacial score (nSPS) is 53.4. The zero-order chi connectivity index (χ0) is 25.1.